The molecular weight excluding hydrogens is 809 g/mol. The third-order valence-corrected chi connectivity index (χ3v) is 13.9. The monoisotopic (exact) mass is 842 g/mol. The average Bonchev–Trinajstić information content (AvgIpc) is 4.15. The Kier molecular flexibility index (Phi) is 7.19. The highest BCUT2D eigenvalue weighted by atomic mass is 16.3. The zero-order valence-electron chi connectivity index (χ0n) is 35.3. The van der Waals surface area contributed by atoms with E-state index < -0.39 is 0 Å². The van der Waals surface area contributed by atoms with Crippen molar-refractivity contribution in [3.8, 4) is 44.5 Å². The number of furan rings is 4. The lowest BCUT2D eigenvalue weighted by Crippen LogP contribution is -1.92. The quantitative estimate of drug-likeness (QED) is 0.166. The average molecular weight is 843 g/mol. The Morgan fingerprint density at radius 2 is 0.545 bits per heavy atom. The van der Waals surface area contributed by atoms with Crippen LogP contribution in [0.1, 0.15) is 0 Å². The van der Waals surface area contributed by atoms with E-state index >= 15 is 0 Å². The minimum atomic E-state index is 0.855. The van der Waals surface area contributed by atoms with E-state index in [9.17, 15) is 0 Å². The zero-order valence-corrected chi connectivity index (χ0v) is 35.3. The molecule has 306 valence electrons. The summed E-state index contributed by atoms with van der Waals surface area (Å²) < 4.78 is 26.4. The van der Waals surface area contributed by atoms with E-state index in [2.05, 4.69) is 182 Å². The Balaban J connectivity index is 0.996. The maximum absolute atomic E-state index is 7.01. The Morgan fingerprint density at radius 3 is 1.06 bits per heavy atom. The third-order valence-electron chi connectivity index (χ3n) is 13.9. The maximum atomic E-state index is 7.01. The highest BCUT2D eigenvalue weighted by Crippen LogP contribution is 2.51. The van der Waals surface area contributed by atoms with Crippen molar-refractivity contribution in [2.45, 2.75) is 0 Å². The molecule has 0 saturated carbocycles. The lowest BCUT2D eigenvalue weighted by atomic mass is 9.83. The van der Waals surface area contributed by atoms with Gasteiger partial charge in [0.25, 0.3) is 0 Å². The Morgan fingerprint density at radius 1 is 0.212 bits per heavy atom. The summed E-state index contributed by atoms with van der Waals surface area (Å²) >= 11 is 0. The van der Waals surface area contributed by atoms with E-state index in [1.807, 2.05) is 24.3 Å². The molecule has 11 aromatic carbocycles. The molecule has 0 amide bonds. The standard InChI is InChI=1S/C62H34O4/c1-3-17-43-41(15-1)57(47-29-28-38(61-60(47)46-20-8-12-24-54(46)65-61)36-26-32-56-50(34-36)40-14-6-10-22-52(40)64-56)42-16-2-4-18-44(42)58(43)48-30-27-37(59-45-19-7-11-23-53(45)66-62(48)59)35-25-31-55-49(33-35)39-13-5-9-21-51(39)63-55/h1-34H. The van der Waals surface area contributed by atoms with Crippen LogP contribution in [-0.4, -0.2) is 0 Å². The van der Waals surface area contributed by atoms with Gasteiger partial charge in [-0.05, 0) is 110 Å². The number of para-hydroxylation sites is 4. The van der Waals surface area contributed by atoms with Crippen molar-refractivity contribution < 1.29 is 17.7 Å². The van der Waals surface area contributed by atoms with E-state index in [0.29, 0.717) is 0 Å². The first-order chi connectivity index (χ1) is 32.7. The van der Waals surface area contributed by atoms with Crippen molar-refractivity contribution in [2.24, 2.45) is 0 Å². The fraction of sp³-hybridized carbons (Fsp3) is 0. The third kappa shape index (κ3) is 4.93. The van der Waals surface area contributed by atoms with Crippen molar-refractivity contribution in [1.82, 2.24) is 0 Å². The van der Waals surface area contributed by atoms with Gasteiger partial charge >= 0.3 is 0 Å². The number of fused-ring (bicyclic) bond motifs is 14. The van der Waals surface area contributed by atoms with Gasteiger partial charge in [-0.2, -0.15) is 0 Å². The van der Waals surface area contributed by atoms with Gasteiger partial charge in [0.15, 0.2) is 0 Å². The van der Waals surface area contributed by atoms with Crippen LogP contribution in [-0.2, 0) is 0 Å². The first-order valence-electron chi connectivity index (χ1n) is 22.4. The molecule has 4 nitrogen and oxygen atoms in total. The molecule has 0 aliphatic carbocycles. The first kappa shape index (κ1) is 35.6. The zero-order chi connectivity index (χ0) is 43.0. The van der Waals surface area contributed by atoms with E-state index in [1.165, 1.54) is 5.56 Å². The highest BCUT2D eigenvalue weighted by Gasteiger charge is 2.25. The van der Waals surface area contributed by atoms with Crippen molar-refractivity contribution >= 4 is 109 Å². The summed E-state index contributed by atoms with van der Waals surface area (Å²) in [6.07, 6.45) is 0. The molecule has 0 fully saturated rings. The predicted octanol–water partition coefficient (Wildman–Crippen LogP) is 18.3. The number of hydrogen-bond acceptors (Lipinski definition) is 4. The smallest absolute Gasteiger partial charge is 0.143 e. The normalized spacial score (nSPS) is 12.2. The molecule has 15 rings (SSSR count). The van der Waals surface area contributed by atoms with Crippen LogP contribution in [0, 0.1) is 0 Å². The summed E-state index contributed by atoms with van der Waals surface area (Å²) in [6.45, 7) is 0. The van der Waals surface area contributed by atoms with Crippen molar-refractivity contribution in [1.29, 1.82) is 0 Å². The molecular formula is C62H34O4. The molecule has 4 heteroatoms. The molecule has 15 aromatic rings. The minimum absolute atomic E-state index is 0.855. The fourth-order valence-electron chi connectivity index (χ4n) is 11.0. The van der Waals surface area contributed by atoms with Gasteiger partial charge in [-0.25, -0.2) is 0 Å². The van der Waals surface area contributed by atoms with E-state index in [-0.39, 0.29) is 0 Å². The Labute approximate surface area is 376 Å². The molecule has 0 bridgehead atoms. The summed E-state index contributed by atoms with van der Waals surface area (Å²) in [5, 5.41) is 13.4. The minimum Gasteiger partial charge on any atom is -0.456 e. The van der Waals surface area contributed by atoms with Crippen LogP contribution in [0.4, 0.5) is 0 Å². The largest absolute Gasteiger partial charge is 0.456 e. The molecule has 0 unspecified atom stereocenters. The molecule has 0 N–H and O–H groups in total. The lowest BCUT2D eigenvalue weighted by Gasteiger charge is -2.19. The Bertz CT molecular complexity index is 4480. The topological polar surface area (TPSA) is 52.6 Å². The Hall–Kier alpha value is -8.86. The first-order valence-corrected chi connectivity index (χ1v) is 22.4. The van der Waals surface area contributed by atoms with Gasteiger partial charge in [-0.3, -0.25) is 0 Å². The highest BCUT2D eigenvalue weighted by molar-refractivity contribution is 6.29. The number of rotatable bonds is 4. The molecule has 0 spiro atoms. The summed E-state index contributed by atoms with van der Waals surface area (Å²) in [5.41, 5.74) is 15.8. The van der Waals surface area contributed by atoms with Crippen molar-refractivity contribution in [2.75, 3.05) is 0 Å². The molecule has 4 heterocycles. The predicted molar refractivity (Wildman–Crippen MR) is 272 cm³/mol. The van der Waals surface area contributed by atoms with Gasteiger partial charge in [0.05, 0.1) is 0 Å². The number of hydrogen-bond donors (Lipinski definition) is 0. The second-order valence-electron chi connectivity index (χ2n) is 17.4. The van der Waals surface area contributed by atoms with E-state index in [4.69, 9.17) is 17.7 Å². The molecule has 66 heavy (non-hydrogen) atoms. The summed E-state index contributed by atoms with van der Waals surface area (Å²) in [7, 11) is 0. The maximum Gasteiger partial charge on any atom is 0.143 e. The van der Waals surface area contributed by atoms with Crippen LogP contribution in [0.5, 0.6) is 0 Å². The summed E-state index contributed by atoms with van der Waals surface area (Å²) in [5.74, 6) is 0. The van der Waals surface area contributed by atoms with Crippen LogP contribution in [0.2, 0.25) is 0 Å². The van der Waals surface area contributed by atoms with Crippen LogP contribution < -0.4 is 0 Å². The van der Waals surface area contributed by atoms with Crippen LogP contribution in [0.15, 0.2) is 224 Å². The van der Waals surface area contributed by atoms with Gasteiger partial charge in [0.2, 0.25) is 0 Å². The van der Waals surface area contributed by atoms with Crippen LogP contribution in [0.3, 0.4) is 0 Å². The second-order valence-corrected chi connectivity index (χ2v) is 17.4. The molecule has 0 atom stereocenters. The van der Waals surface area contributed by atoms with Crippen LogP contribution >= 0.6 is 0 Å². The van der Waals surface area contributed by atoms with Gasteiger partial charge < -0.3 is 17.7 Å². The molecule has 4 aromatic heterocycles. The summed E-state index contributed by atoms with van der Waals surface area (Å²) in [6, 6.07) is 73.1. The molecule has 0 aliphatic heterocycles. The summed E-state index contributed by atoms with van der Waals surface area (Å²) in [4.78, 5) is 0. The fourth-order valence-corrected chi connectivity index (χ4v) is 11.0. The number of benzene rings is 11. The van der Waals surface area contributed by atoms with E-state index in [0.717, 1.165) is 148 Å². The van der Waals surface area contributed by atoms with Crippen LogP contribution in [0.25, 0.3) is 154 Å². The van der Waals surface area contributed by atoms with Gasteiger partial charge in [0, 0.05) is 59.8 Å². The van der Waals surface area contributed by atoms with Gasteiger partial charge in [-0.1, -0.05) is 146 Å². The molecule has 0 radical (unpaired) electrons. The van der Waals surface area contributed by atoms with Crippen molar-refractivity contribution in [3.05, 3.63) is 206 Å². The van der Waals surface area contributed by atoms with Gasteiger partial charge in [-0.15, -0.1) is 0 Å². The SMILES string of the molecule is c1ccc2c(c1)oc1ccc(-c3ccc(-c4c5ccccc5c(-c5ccc(-c6ccc7oc8ccccc8c7c6)c6c5oc5ccccc56)c5ccccc45)c4c3oc3ccccc34)cc12. The van der Waals surface area contributed by atoms with E-state index in [1.54, 1.807) is 0 Å². The van der Waals surface area contributed by atoms with Gasteiger partial charge in [0.1, 0.15) is 44.7 Å². The second kappa shape index (κ2) is 13.3. The lowest BCUT2D eigenvalue weighted by molar-refractivity contribution is 0.668. The molecule has 0 aliphatic rings. The van der Waals surface area contributed by atoms with Crippen molar-refractivity contribution in [3.63, 3.8) is 0 Å². The molecule has 0 saturated heterocycles.